The summed E-state index contributed by atoms with van der Waals surface area (Å²) < 4.78 is 5.73. The molecule has 22 heavy (non-hydrogen) atoms. The number of rotatable bonds is 8. The fourth-order valence-corrected chi connectivity index (χ4v) is 1.70. The third-order valence-electron chi connectivity index (χ3n) is 3.02. The van der Waals surface area contributed by atoms with E-state index in [9.17, 15) is 9.59 Å². The Morgan fingerprint density at radius 3 is 2.68 bits per heavy atom. The van der Waals surface area contributed by atoms with Gasteiger partial charge in [0.05, 0.1) is 13.0 Å². The van der Waals surface area contributed by atoms with Crippen molar-refractivity contribution in [1.82, 2.24) is 5.32 Å². The molecule has 0 saturated heterocycles. The van der Waals surface area contributed by atoms with E-state index in [2.05, 4.69) is 24.5 Å². The second-order valence-corrected chi connectivity index (χ2v) is 5.54. The lowest BCUT2D eigenvalue weighted by Gasteiger charge is -2.13. The maximum absolute atomic E-state index is 11.6. The summed E-state index contributed by atoms with van der Waals surface area (Å²) in [6, 6.07) is 4.99. The van der Waals surface area contributed by atoms with Crippen molar-refractivity contribution in [3.63, 3.8) is 0 Å². The number of hydrogen-bond acceptors (Lipinski definition) is 3. The first-order valence-electron chi connectivity index (χ1n) is 7.38. The van der Waals surface area contributed by atoms with Crippen LogP contribution >= 0.6 is 0 Å². The smallest absolute Gasteiger partial charge is 0.319 e. The lowest BCUT2D eigenvalue weighted by atomic mass is 10.1. The van der Waals surface area contributed by atoms with Crippen LogP contribution in [0.1, 0.15) is 32.3 Å². The van der Waals surface area contributed by atoms with E-state index < -0.39 is 12.0 Å². The van der Waals surface area contributed by atoms with Gasteiger partial charge in [-0.2, -0.15) is 0 Å². The molecule has 0 radical (unpaired) electrons. The van der Waals surface area contributed by atoms with Gasteiger partial charge in [0.1, 0.15) is 5.75 Å². The van der Waals surface area contributed by atoms with Gasteiger partial charge in [-0.15, -0.1) is 0 Å². The van der Waals surface area contributed by atoms with Crippen LogP contribution in [0.2, 0.25) is 0 Å². The number of anilines is 1. The van der Waals surface area contributed by atoms with Gasteiger partial charge >= 0.3 is 12.0 Å². The molecule has 0 saturated carbocycles. The van der Waals surface area contributed by atoms with Crippen molar-refractivity contribution in [2.45, 2.75) is 33.6 Å². The van der Waals surface area contributed by atoms with E-state index in [0.717, 1.165) is 17.7 Å². The summed E-state index contributed by atoms with van der Waals surface area (Å²) in [5.41, 5.74) is 1.61. The van der Waals surface area contributed by atoms with E-state index in [1.54, 1.807) is 12.1 Å². The molecule has 0 aliphatic heterocycles. The van der Waals surface area contributed by atoms with Crippen LogP contribution in [-0.2, 0) is 4.79 Å². The molecule has 1 rings (SSSR count). The van der Waals surface area contributed by atoms with Crippen LogP contribution in [0.4, 0.5) is 10.5 Å². The maximum Gasteiger partial charge on any atom is 0.319 e. The fourth-order valence-electron chi connectivity index (χ4n) is 1.70. The zero-order valence-corrected chi connectivity index (χ0v) is 13.3. The Kier molecular flexibility index (Phi) is 7.22. The Balaban J connectivity index is 2.53. The van der Waals surface area contributed by atoms with Crippen molar-refractivity contribution >= 4 is 17.7 Å². The summed E-state index contributed by atoms with van der Waals surface area (Å²) in [4.78, 5) is 22.0. The molecule has 3 N–H and O–H groups in total. The number of ether oxygens (including phenoxy) is 1. The van der Waals surface area contributed by atoms with E-state index in [4.69, 9.17) is 9.84 Å². The third-order valence-corrected chi connectivity index (χ3v) is 3.02. The molecule has 0 aliphatic carbocycles. The molecule has 2 amide bonds. The van der Waals surface area contributed by atoms with E-state index in [0.29, 0.717) is 18.2 Å². The normalized spacial score (nSPS) is 10.4. The van der Waals surface area contributed by atoms with Gasteiger partial charge in [0, 0.05) is 18.3 Å². The molecule has 122 valence electrons. The van der Waals surface area contributed by atoms with E-state index in [1.165, 1.54) is 0 Å². The molecule has 0 bridgehead atoms. The third kappa shape index (κ3) is 6.97. The van der Waals surface area contributed by atoms with E-state index in [-0.39, 0.29) is 13.0 Å². The fraction of sp³-hybridized carbons (Fsp3) is 0.500. The summed E-state index contributed by atoms with van der Waals surface area (Å²) in [5, 5.41) is 13.7. The summed E-state index contributed by atoms with van der Waals surface area (Å²) in [7, 11) is 0. The summed E-state index contributed by atoms with van der Waals surface area (Å²) in [5.74, 6) is 0.363. The highest BCUT2D eigenvalue weighted by Gasteiger charge is 2.06. The van der Waals surface area contributed by atoms with Crippen molar-refractivity contribution < 1.29 is 19.4 Å². The van der Waals surface area contributed by atoms with Gasteiger partial charge in [-0.05, 0) is 30.9 Å². The molecule has 0 unspecified atom stereocenters. The van der Waals surface area contributed by atoms with Crippen LogP contribution in [-0.4, -0.2) is 30.3 Å². The number of carboxylic acid groups (broad SMARTS) is 1. The molecule has 0 fully saturated rings. The molecule has 6 nitrogen and oxygen atoms in total. The Hall–Kier alpha value is -2.24. The van der Waals surface area contributed by atoms with Gasteiger partial charge in [-0.3, -0.25) is 4.79 Å². The highest BCUT2D eigenvalue weighted by Crippen LogP contribution is 2.23. The zero-order chi connectivity index (χ0) is 16.5. The van der Waals surface area contributed by atoms with Gasteiger partial charge in [0.25, 0.3) is 0 Å². The number of carbonyl (C=O) groups excluding carboxylic acids is 1. The van der Waals surface area contributed by atoms with E-state index >= 15 is 0 Å². The Bertz CT molecular complexity index is 515. The highest BCUT2D eigenvalue weighted by atomic mass is 16.5. The number of nitrogens with one attached hydrogen (secondary N) is 2. The Morgan fingerprint density at radius 2 is 2.05 bits per heavy atom. The quantitative estimate of drug-likeness (QED) is 0.689. The van der Waals surface area contributed by atoms with Crippen molar-refractivity contribution in [2.75, 3.05) is 18.5 Å². The number of carboxylic acids is 1. The number of amides is 2. The molecule has 6 heteroatoms. The lowest BCUT2D eigenvalue weighted by Crippen LogP contribution is -2.30. The van der Waals surface area contributed by atoms with Gasteiger partial charge in [-0.1, -0.05) is 19.9 Å². The Morgan fingerprint density at radius 1 is 1.32 bits per heavy atom. The summed E-state index contributed by atoms with van der Waals surface area (Å²) >= 11 is 0. The van der Waals surface area contributed by atoms with Crippen molar-refractivity contribution in [2.24, 2.45) is 5.92 Å². The first-order chi connectivity index (χ1) is 10.4. The second-order valence-electron chi connectivity index (χ2n) is 5.54. The molecule has 0 aliphatic rings. The molecule has 0 atom stereocenters. The molecule has 0 spiro atoms. The van der Waals surface area contributed by atoms with Crippen LogP contribution in [0.5, 0.6) is 5.75 Å². The van der Waals surface area contributed by atoms with Crippen LogP contribution in [0.15, 0.2) is 18.2 Å². The SMILES string of the molecule is Cc1ccc(NC(=O)NCCC(=O)O)cc1OCCC(C)C. The zero-order valence-electron chi connectivity index (χ0n) is 13.3. The Labute approximate surface area is 130 Å². The number of urea groups is 1. The predicted molar refractivity (Wildman–Crippen MR) is 85.4 cm³/mol. The summed E-state index contributed by atoms with van der Waals surface area (Å²) in [6.07, 6.45) is 0.859. The van der Waals surface area contributed by atoms with Crippen molar-refractivity contribution in [3.05, 3.63) is 23.8 Å². The number of aryl methyl sites for hydroxylation is 1. The van der Waals surface area contributed by atoms with Gasteiger partial charge in [-0.25, -0.2) is 4.79 Å². The minimum absolute atomic E-state index is 0.0881. The molecular weight excluding hydrogens is 284 g/mol. The van der Waals surface area contributed by atoms with Gasteiger partial charge in [0.2, 0.25) is 0 Å². The minimum atomic E-state index is -0.948. The number of hydrogen-bond donors (Lipinski definition) is 3. The van der Waals surface area contributed by atoms with Gasteiger partial charge in [0.15, 0.2) is 0 Å². The van der Waals surface area contributed by atoms with Crippen LogP contribution in [0.3, 0.4) is 0 Å². The first kappa shape index (κ1) is 17.8. The number of benzene rings is 1. The maximum atomic E-state index is 11.6. The molecule has 1 aromatic carbocycles. The van der Waals surface area contributed by atoms with E-state index in [1.807, 2.05) is 13.0 Å². The monoisotopic (exact) mass is 308 g/mol. The average molecular weight is 308 g/mol. The molecule has 1 aromatic rings. The highest BCUT2D eigenvalue weighted by molar-refractivity contribution is 5.89. The topological polar surface area (TPSA) is 87.7 Å². The number of aliphatic carboxylic acids is 1. The largest absolute Gasteiger partial charge is 0.493 e. The molecule has 0 aromatic heterocycles. The first-order valence-corrected chi connectivity index (χ1v) is 7.38. The average Bonchev–Trinajstić information content (AvgIpc) is 2.41. The summed E-state index contributed by atoms with van der Waals surface area (Å²) in [6.45, 7) is 6.93. The van der Waals surface area contributed by atoms with Gasteiger partial charge < -0.3 is 20.5 Å². The minimum Gasteiger partial charge on any atom is -0.493 e. The van der Waals surface area contributed by atoms with Crippen LogP contribution in [0.25, 0.3) is 0 Å². The molecule has 0 heterocycles. The van der Waals surface area contributed by atoms with Crippen molar-refractivity contribution in [3.8, 4) is 5.75 Å². The second kappa shape index (κ2) is 8.92. The van der Waals surface area contributed by atoms with Crippen LogP contribution < -0.4 is 15.4 Å². The lowest BCUT2D eigenvalue weighted by molar-refractivity contribution is -0.136. The number of carbonyl (C=O) groups is 2. The predicted octanol–water partition coefficient (Wildman–Crippen LogP) is 3.02. The van der Waals surface area contributed by atoms with Crippen LogP contribution in [0, 0.1) is 12.8 Å². The molecular formula is C16H24N2O4. The standard InChI is InChI=1S/C16H24N2O4/c1-11(2)7-9-22-14-10-13(5-4-12(14)3)18-16(21)17-8-6-15(19)20/h4-5,10-11H,6-9H2,1-3H3,(H,19,20)(H2,17,18,21). The van der Waals surface area contributed by atoms with Crippen molar-refractivity contribution in [1.29, 1.82) is 0 Å².